The minimum atomic E-state index is -1.26. The third-order valence-electron chi connectivity index (χ3n) is 1.38. The van der Waals surface area contributed by atoms with Crippen molar-refractivity contribution in [2.24, 2.45) is 0 Å². The molecular formula is C7H14N2O4S. The van der Waals surface area contributed by atoms with E-state index in [0.717, 1.165) is 5.75 Å². The number of carboxylic acids is 1. The lowest BCUT2D eigenvalue weighted by Crippen LogP contribution is -2.48. The molecule has 0 saturated heterocycles. The lowest BCUT2D eigenvalue weighted by atomic mass is 10.3. The van der Waals surface area contributed by atoms with E-state index in [1.54, 1.807) is 11.8 Å². The monoisotopic (exact) mass is 222 g/mol. The van der Waals surface area contributed by atoms with Crippen LogP contribution in [0.5, 0.6) is 0 Å². The van der Waals surface area contributed by atoms with Gasteiger partial charge in [-0.3, -0.25) is 0 Å². The van der Waals surface area contributed by atoms with E-state index >= 15 is 0 Å². The lowest BCUT2D eigenvalue weighted by Gasteiger charge is -2.12. The van der Waals surface area contributed by atoms with Crippen molar-refractivity contribution in [1.29, 1.82) is 0 Å². The number of rotatable bonds is 6. The fourth-order valence-electron chi connectivity index (χ4n) is 0.661. The van der Waals surface area contributed by atoms with Gasteiger partial charge in [0.1, 0.15) is 0 Å². The Labute approximate surface area is 86.1 Å². The summed E-state index contributed by atoms with van der Waals surface area (Å²) in [5, 5.41) is 21.7. The van der Waals surface area contributed by atoms with Crippen molar-refractivity contribution >= 4 is 23.8 Å². The normalized spacial score (nSPS) is 11.9. The molecule has 82 valence electrons. The Morgan fingerprint density at radius 3 is 2.57 bits per heavy atom. The predicted molar refractivity (Wildman–Crippen MR) is 53.4 cm³/mol. The molecule has 0 aromatic rings. The Kier molecular flexibility index (Phi) is 6.95. The maximum Gasteiger partial charge on any atom is 0.328 e. The molecule has 6 nitrogen and oxygen atoms in total. The average molecular weight is 222 g/mol. The van der Waals surface area contributed by atoms with Crippen molar-refractivity contribution in [2.75, 3.05) is 25.2 Å². The molecule has 0 spiro atoms. The second-order valence-corrected chi connectivity index (χ2v) is 3.45. The number of carboxylic acid groups (broad SMARTS) is 1. The van der Waals surface area contributed by atoms with Gasteiger partial charge in [-0.25, -0.2) is 9.59 Å². The zero-order chi connectivity index (χ0) is 11.0. The van der Waals surface area contributed by atoms with Crippen LogP contribution in [0.15, 0.2) is 0 Å². The third kappa shape index (κ3) is 5.65. The smallest absolute Gasteiger partial charge is 0.328 e. The number of hydrogen-bond acceptors (Lipinski definition) is 4. The standard InChI is InChI=1S/C7H14N2O4S/c1-14-3-2-8-7(13)9-5(4-10)6(11)12/h5,10H,2-4H2,1H3,(H,11,12)(H2,8,9,13). The number of amides is 2. The minimum Gasteiger partial charge on any atom is -0.480 e. The first-order valence-electron chi connectivity index (χ1n) is 3.98. The Morgan fingerprint density at radius 1 is 1.50 bits per heavy atom. The van der Waals surface area contributed by atoms with Crippen molar-refractivity contribution < 1.29 is 19.8 Å². The molecule has 1 atom stereocenters. The van der Waals surface area contributed by atoms with Crippen LogP contribution in [-0.2, 0) is 4.79 Å². The largest absolute Gasteiger partial charge is 0.480 e. The molecule has 0 saturated carbocycles. The van der Waals surface area contributed by atoms with Crippen LogP contribution in [-0.4, -0.2) is 53.4 Å². The highest BCUT2D eigenvalue weighted by atomic mass is 32.2. The molecule has 4 N–H and O–H groups in total. The molecule has 0 bridgehead atoms. The summed E-state index contributed by atoms with van der Waals surface area (Å²) in [6, 6.07) is -1.83. The van der Waals surface area contributed by atoms with Crippen molar-refractivity contribution in [1.82, 2.24) is 10.6 Å². The highest BCUT2D eigenvalue weighted by Gasteiger charge is 2.17. The van der Waals surface area contributed by atoms with Gasteiger partial charge in [-0.2, -0.15) is 11.8 Å². The number of aliphatic hydroxyl groups is 1. The molecule has 0 aliphatic carbocycles. The first kappa shape index (κ1) is 13.1. The summed E-state index contributed by atoms with van der Waals surface area (Å²) in [6.45, 7) is -0.157. The fourth-order valence-corrected chi connectivity index (χ4v) is 0.968. The van der Waals surface area contributed by atoms with E-state index in [4.69, 9.17) is 10.2 Å². The predicted octanol–water partition coefficient (Wildman–Crippen LogP) is -0.906. The number of hydrogen-bond donors (Lipinski definition) is 4. The van der Waals surface area contributed by atoms with E-state index in [-0.39, 0.29) is 0 Å². The zero-order valence-electron chi connectivity index (χ0n) is 7.82. The average Bonchev–Trinajstić information content (AvgIpc) is 2.14. The number of carbonyl (C=O) groups excluding carboxylic acids is 1. The quantitative estimate of drug-likeness (QED) is 0.436. The third-order valence-corrected chi connectivity index (χ3v) is 1.99. The van der Waals surface area contributed by atoms with Crippen LogP contribution in [0.2, 0.25) is 0 Å². The maximum atomic E-state index is 11.0. The highest BCUT2D eigenvalue weighted by Crippen LogP contribution is 1.87. The lowest BCUT2D eigenvalue weighted by molar-refractivity contribution is -0.140. The van der Waals surface area contributed by atoms with Gasteiger partial charge in [0.05, 0.1) is 6.61 Å². The van der Waals surface area contributed by atoms with Crippen molar-refractivity contribution in [3.63, 3.8) is 0 Å². The molecule has 2 amide bonds. The molecule has 0 aromatic heterocycles. The topological polar surface area (TPSA) is 98.7 Å². The molecule has 7 heteroatoms. The molecule has 0 radical (unpaired) electrons. The van der Waals surface area contributed by atoms with E-state index in [0.29, 0.717) is 6.54 Å². The summed E-state index contributed by atoms with van der Waals surface area (Å²) in [7, 11) is 0. The number of thioether (sulfide) groups is 1. The molecule has 1 unspecified atom stereocenters. The van der Waals surface area contributed by atoms with Crippen LogP contribution in [0.25, 0.3) is 0 Å². The SMILES string of the molecule is CSCCNC(=O)NC(CO)C(=O)O. The van der Waals surface area contributed by atoms with Crippen molar-refractivity contribution in [2.45, 2.75) is 6.04 Å². The van der Waals surface area contributed by atoms with Crippen molar-refractivity contribution in [3.8, 4) is 0 Å². The van der Waals surface area contributed by atoms with Gasteiger partial charge in [0.15, 0.2) is 6.04 Å². The number of carbonyl (C=O) groups is 2. The fraction of sp³-hybridized carbons (Fsp3) is 0.714. The molecule has 14 heavy (non-hydrogen) atoms. The molecule has 0 fully saturated rings. The molecule has 0 rings (SSSR count). The number of aliphatic hydroxyl groups excluding tert-OH is 1. The van der Waals surface area contributed by atoms with Crippen LogP contribution in [0, 0.1) is 0 Å². The van der Waals surface area contributed by atoms with Crippen molar-refractivity contribution in [3.05, 3.63) is 0 Å². The van der Waals surface area contributed by atoms with Crippen LogP contribution in [0.3, 0.4) is 0 Å². The molecular weight excluding hydrogens is 208 g/mol. The minimum absolute atomic E-state index is 0.463. The van der Waals surface area contributed by atoms with Gasteiger partial charge in [0.2, 0.25) is 0 Å². The first-order valence-corrected chi connectivity index (χ1v) is 5.38. The summed E-state index contributed by atoms with van der Waals surface area (Å²) < 4.78 is 0. The van der Waals surface area contributed by atoms with Crippen LogP contribution in [0.1, 0.15) is 0 Å². The Balaban J connectivity index is 3.74. The highest BCUT2D eigenvalue weighted by molar-refractivity contribution is 7.98. The molecule has 0 aromatic carbocycles. The molecule has 0 heterocycles. The number of nitrogens with one attached hydrogen (secondary N) is 2. The van der Waals surface area contributed by atoms with Crippen LogP contribution in [0.4, 0.5) is 4.79 Å². The van der Waals surface area contributed by atoms with E-state index < -0.39 is 24.6 Å². The second-order valence-electron chi connectivity index (χ2n) is 2.47. The van der Waals surface area contributed by atoms with Gasteiger partial charge >= 0.3 is 12.0 Å². The van der Waals surface area contributed by atoms with Crippen LogP contribution < -0.4 is 10.6 Å². The van der Waals surface area contributed by atoms with E-state index in [1.165, 1.54) is 0 Å². The summed E-state index contributed by atoms with van der Waals surface area (Å²) in [5.41, 5.74) is 0. The number of urea groups is 1. The Hall–Kier alpha value is -0.950. The van der Waals surface area contributed by atoms with Gasteiger partial charge in [0.25, 0.3) is 0 Å². The van der Waals surface area contributed by atoms with Gasteiger partial charge in [-0.05, 0) is 6.26 Å². The maximum absolute atomic E-state index is 11.0. The summed E-state index contributed by atoms with van der Waals surface area (Å²) in [4.78, 5) is 21.4. The number of aliphatic carboxylic acids is 1. The molecule has 0 aliphatic rings. The van der Waals surface area contributed by atoms with E-state index in [2.05, 4.69) is 10.6 Å². The van der Waals surface area contributed by atoms with Gasteiger partial charge in [0, 0.05) is 12.3 Å². The first-order chi connectivity index (χ1) is 6.61. The summed E-state index contributed by atoms with van der Waals surface area (Å²) in [6.07, 6.45) is 1.90. The molecule has 0 aliphatic heterocycles. The van der Waals surface area contributed by atoms with Crippen LogP contribution >= 0.6 is 11.8 Å². The van der Waals surface area contributed by atoms with E-state index in [9.17, 15) is 9.59 Å². The summed E-state index contributed by atoms with van der Waals surface area (Å²) in [5.74, 6) is -0.503. The Bertz CT molecular complexity index is 200. The Morgan fingerprint density at radius 2 is 2.14 bits per heavy atom. The summed E-state index contributed by atoms with van der Waals surface area (Å²) >= 11 is 1.57. The van der Waals surface area contributed by atoms with Gasteiger partial charge in [-0.15, -0.1) is 0 Å². The second kappa shape index (κ2) is 7.45. The zero-order valence-corrected chi connectivity index (χ0v) is 8.63. The van der Waals surface area contributed by atoms with Gasteiger partial charge in [-0.1, -0.05) is 0 Å². The van der Waals surface area contributed by atoms with Gasteiger partial charge < -0.3 is 20.8 Å². The van der Waals surface area contributed by atoms with E-state index in [1.807, 2.05) is 6.26 Å².